The molecular weight excluding hydrogens is 652 g/mol. The SMILES string of the molecule is O=C(O)COc1c(C(=O)O)sc(-c2cccc(OCC3CCN(C(=O)Nc4ccccc4Oc4ccccc4)CC3)c2)c1Br. The largest absolute Gasteiger partial charge is 0.493 e. The van der Waals surface area contributed by atoms with Crippen molar-refractivity contribution in [1.82, 2.24) is 4.90 Å². The van der Waals surface area contributed by atoms with Gasteiger partial charge in [0.2, 0.25) is 0 Å². The van der Waals surface area contributed by atoms with Gasteiger partial charge in [-0.1, -0.05) is 42.5 Å². The standard InChI is InChI=1S/C32H29BrN2O8S/c33-27-28(42-19-26(36)37)30(31(38)39)44-29(27)21-7-6-10-23(17-21)41-18-20-13-15-35(16-14-20)32(40)34-24-11-4-5-12-25(24)43-22-8-2-1-3-9-22/h1-12,17,20H,13-16,18-19H2,(H,34,40)(H,36,37)(H,38,39). The monoisotopic (exact) mass is 680 g/mol. The summed E-state index contributed by atoms with van der Waals surface area (Å²) in [5.74, 6) is -0.323. The van der Waals surface area contributed by atoms with Crippen LogP contribution in [0.4, 0.5) is 10.5 Å². The molecule has 2 amide bonds. The van der Waals surface area contributed by atoms with Crippen molar-refractivity contribution in [3.8, 4) is 33.4 Å². The summed E-state index contributed by atoms with van der Waals surface area (Å²) in [7, 11) is 0. The second kappa shape index (κ2) is 14.3. The Kier molecular flexibility index (Phi) is 10.0. The van der Waals surface area contributed by atoms with Crippen molar-refractivity contribution in [2.45, 2.75) is 12.8 Å². The molecule has 3 N–H and O–H groups in total. The highest BCUT2D eigenvalue weighted by Gasteiger charge is 2.26. The number of likely N-dealkylation sites (tertiary alicyclic amines) is 1. The molecular formula is C32H29BrN2O8S. The number of urea groups is 1. The van der Waals surface area contributed by atoms with Gasteiger partial charge in [-0.25, -0.2) is 14.4 Å². The molecule has 3 aromatic carbocycles. The lowest BCUT2D eigenvalue weighted by atomic mass is 9.98. The summed E-state index contributed by atoms with van der Waals surface area (Å²) >= 11 is 4.37. The Labute approximate surface area is 265 Å². The number of carboxylic acid groups (broad SMARTS) is 2. The number of ether oxygens (including phenoxy) is 3. The highest BCUT2D eigenvalue weighted by Crippen LogP contribution is 2.46. The molecule has 1 saturated heterocycles. The summed E-state index contributed by atoms with van der Waals surface area (Å²) in [5, 5.41) is 21.5. The Morgan fingerprint density at radius 3 is 2.34 bits per heavy atom. The Morgan fingerprint density at radius 1 is 0.909 bits per heavy atom. The van der Waals surface area contributed by atoms with Crippen molar-refractivity contribution in [2.24, 2.45) is 5.92 Å². The average Bonchev–Trinajstić information content (AvgIpc) is 3.37. The third-order valence-corrected chi connectivity index (χ3v) is 9.15. The summed E-state index contributed by atoms with van der Waals surface area (Å²) in [6.45, 7) is 0.974. The van der Waals surface area contributed by atoms with Crippen molar-refractivity contribution < 1.29 is 38.8 Å². The number of rotatable bonds is 11. The van der Waals surface area contributed by atoms with E-state index in [0.717, 1.165) is 24.2 Å². The maximum Gasteiger partial charge on any atom is 0.349 e. The molecule has 0 bridgehead atoms. The zero-order valence-electron chi connectivity index (χ0n) is 23.4. The number of carboxylic acids is 2. The maximum atomic E-state index is 13.1. The van der Waals surface area contributed by atoms with Gasteiger partial charge in [0.15, 0.2) is 23.0 Å². The number of anilines is 1. The number of thiophene rings is 1. The molecule has 1 aromatic heterocycles. The number of aromatic carboxylic acids is 1. The summed E-state index contributed by atoms with van der Waals surface area (Å²) in [6, 6.07) is 23.8. The second-order valence-electron chi connectivity index (χ2n) is 10.0. The van der Waals surface area contributed by atoms with Crippen LogP contribution in [0.25, 0.3) is 10.4 Å². The van der Waals surface area contributed by atoms with Crippen molar-refractivity contribution in [2.75, 3.05) is 31.6 Å². The predicted octanol–water partition coefficient (Wildman–Crippen LogP) is 7.45. The number of benzene rings is 3. The molecule has 1 aliphatic heterocycles. The highest BCUT2D eigenvalue weighted by atomic mass is 79.9. The molecule has 44 heavy (non-hydrogen) atoms. The number of amides is 2. The van der Waals surface area contributed by atoms with E-state index >= 15 is 0 Å². The zero-order valence-corrected chi connectivity index (χ0v) is 25.8. The number of halogens is 1. The quantitative estimate of drug-likeness (QED) is 0.149. The number of nitrogens with one attached hydrogen (secondary N) is 1. The van der Waals surface area contributed by atoms with Crippen LogP contribution in [0.5, 0.6) is 23.0 Å². The van der Waals surface area contributed by atoms with Gasteiger partial charge in [0.1, 0.15) is 11.5 Å². The van der Waals surface area contributed by atoms with E-state index in [0.29, 0.717) is 57.5 Å². The molecule has 10 nitrogen and oxygen atoms in total. The molecule has 0 aliphatic carbocycles. The van der Waals surface area contributed by atoms with E-state index < -0.39 is 18.5 Å². The molecule has 1 aliphatic rings. The smallest absolute Gasteiger partial charge is 0.349 e. The van der Waals surface area contributed by atoms with Crippen molar-refractivity contribution in [1.29, 1.82) is 0 Å². The van der Waals surface area contributed by atoms with Crippen LogP contribution in [0.2, 0.25) is 0 Å². The molecule has 2 heterocycles. The third kappa shape index (κ3) is 7.69. The first kappa shape index (κ1) is 30.9. The van der Waals surface area contributed by atoms with Crippen LogP contribution in [0, 0.1) is 5.92 Å². The lowest BCUT2D eigenvalue weighted by Crippen LogP contribution is -2.42. The Balaban J connectivity index is 1.15. The molecule has 228 valence electrons. The molecule has 4 aromatic rings. The first-order valence-corrected chi connectivity index (χ1v) is 15.4. The van der Waals surface area contributed by atoms with E-state index in [2.05, 4.69) is 21.2 Å². The highest BCUT2D eigenvalue weighted by molar-refractivity contribution is 9.10. The lowest BCUT2D eigenvalue weighted by Gasteiger charge is -2.32. The molecule has 5 rings (SSSR count). The minimum absolute atomic E-state index is 0.0192. The number of nitrogens with zero attached hydrogens (tertiary/aromatic N) is 1. The molecule has 1 fully saturated rings. The van der Waals surface area contributed by atoms with Crippen LogP contribution in [0.15, 0.2) is 83.3 Å². The first-order valence-electron chi connectivity index (χ1n) is 13.8. The number of hydrogen-bond donors (Lipinski definition) is 3. The average molecular weight is 682 g/mol. The Morgan fingerprint density at radius 2 is 1.61 bits per heavy atom. The molecule has 0 saturated carbocycles. The van der Waals surface area contributed by atoms with E-state index in [1.54, 1.807) is 17.0 Å². The fourth-order valence-corrected chi connectivity index (χ4v) is 6.59. The third-order valence-electron chi connectivity index (χ3n) is 6.93. The van der Waals surface area contributed by atoms with Gasteiger partial charge in [-0.15, -0.1) is 11.3 Å². The molecule has 0 radical (unpaired) electrons. The van der Waals surface area contributed by atoms with Gasteiger partial charge in [-0.05, 0) is 76.7 Å². The second-order valence-corrected chi connectivity index (χ2v) is 11.8. The van der Waals surface area contributed by atoms with E-state index in [9.17, 15) is 19.5 Å². The number of aliphatic carboxylic acids is 1. The fourth-order valence-electron chi connectivity index (χ4n) is 4.70. The van der Waals surface area contributed by atoms with E-state index in [4.69, 9.17) is 19.3 Å². The van der Waals surface area contributed by atoms with Crippen LogP contribution >= 0.6 is 27.3 Å². The van der Waals surface area contributed by atoms with Crippen molar-refractivity contribution in [3.63, 3.8) is 0 Å². The number of carbonyl (C=O) groups is 3. The van der Waals surface area contributed by atoms with Crippen LogP contribution in [0.1, 0.15) is 22.5 Å². The van der Waals surface area contributed by atoms with E-state index in [1.807, 2.05) is 66.7 Å². The van der Waals surface area contributed by atoms with E-state index in [1.165, 1.54) is 0 Å². The van der Waals surface area contributed by atoms with E-state index in [-0.39, 0.29) is 22.6 Å². The summed E-state index contributed by atoms with van der Waals surface area (Å²) < 4.78 is 17.7. The minimum Gasteiger partial charge on any atom is -0.493 e. The van der Waals surface area contributed by atoms with Gasteiger partial charge in [-0.2, -0.15) is 0 Å². The van der Waals surface area contributed by atoms with Gasteiger partial charge >= 0.3 is 18.0 Å². The normalized spacial score (nSPS) is 13.2. The minimum atomic E-state index is -1.21. The number of carbonyl (C=O) groups excluding carboxylic acids is 1. The van der Waals surface area contributed by atoms with Crippen molar-refractivity contribution in [3.05, 3.63) is 88.2 Å². The maximum absolute atomic E-state index is 13.1. The van der Waals surface area contributed by atoms with Gasteiger partial charge < -0.3 is 34.6 Å². The molecule has 0 atom stereocenters. The molecule has 12 heteroatoms. The number of hydrogen-bond acceptors (Lipinski definition) is 7. The summed E-state index contributed by atoms with van der Waals surface area (Å²) in [5.41, 5.74) is 1.30. The number of para-hydroxylation sites is 3. The van der Waals surface area contributed by atoms with Crippen LogP contribution in [0.3, 0.4) is 0 Å². The van der Waals surface area contributed by atoms with Gasteiger partial charge in [0.25, 0.3) is 0 Å². The Hall–Kier alpha value is -4.55. The fraction of sp³-hybridized carbons (Fsp3) is 0.219. The summed E-state index contributed by atoms with van der Waals surface area (Å²) in [4.78, 5) is 38.0. The summed E-state index contributed by atoms with van der Waals surface area (Å²) in [6.07, 6.45) is 1.55. The molecule has 0 spiro atoms. The van der Waals surface area contributed by atoms with Crippen molar-refractivity contribution >= 4 is 50.9 Å². The Bertz CT molecular complexity index is 1640. The lowest BCUT2D eigenvalue weighted by molar-refractivity contribution is -0.139. The first-order chi connectivity index (χ1) is 21.3. The van der Waals surface area contributed by atoms with Gasteiger partial charge in [0.05, 0.1) is 21.6 Å². The van der Waals surface area contributed by atoms with Crippen LogP contribution < -0.4 is 19.5 Å². The predicted molar refractivity (Wildman–Crippen MR) is 169 cm³/mol. The van der Waals surface area contributed by atoms with Crippen LogP contribution in [-0.2, 0) is 4.79 Å². The van der Waals surface area contributed by atoms with Crippen LogP contribution in [-0.4, -0.2) is 59.4 Å². The van der Waals surface area contributed by atoms with Gasteiger partial charge in [0, 0.05) is 13.1 Å². The topological polar surface area (TPSA) is 135 Å². The van der Waals surface area contributed by atoms with Gasteiger partial charge in [-0.3, -0.25) is 0 Å². The zero-order chi connectivity index (χ0) is 31.1. The number of piperidine rings is 1. The molecule has 0 unspecified atom stereocenters.